The average molecular weight is 1450 g/mol. The minimum atomic E-state index is 0. The molecule has 4 aliphatic carbocycles. The molecule has 12 aromatic carbocycles. The van der Waals surface area contributed by atoms with Crippen molar-refractivity contribution < 1.29 is 0 Å². The first-order chi connectivity index (χ1) is 51.4. The number of nitrogens with zero attached hydrogens (tertiary/aromatic N) is 4. The molecule has 20 rings (SSSR count). The van der Waals surface area contributed by atoms with Gasteiger partial charge in [0.2, 0.25) is 0 Å². The predicted octanol–water partition coefficient (Wildman–Crippen LogP) is 29.9. The van der Waals surface area contributed by atoms with Crippen LogP contribution in [0.3, 0.4) is 0 Å². The lowest BCUT2D eigenvalue weighted by atomic mass is 9.93. The third-order valence-electron chi connectivity index (χ3n) is 21.5. The summed E-state index contributed by atoms with van der Waals surface area (Å²) in [5, 5.41) is 11.5. The molecule has 576 valence electrons. The lowest BCUT2D eigenvalue weighted by Crippen LogP contribution is -2.18. The third-order valence-corrected chi connectivity index (χ3v) is 21.5. The summed E-state index contributed by atoms with van der Waals surface area (Å²) in [6.07, 6.45) is 9.07. The second kappa shape index (κ2) is 42.6. The highest BCUT2D eigenvalue weighted by molar-refractivity contribution is 6.07. The number of benzene rings is 12. The summed E-state index contributed by atoms with van der Waals surface area (Å²) in [6.45, 7) is 50.1. The highest BCUT2D eigenvalue weighted by Gasteiger charge is 2.30. The van der Waals surface area contributed by atoms with E-state index < -0.39 is 0 Å². The Bertz CT molecular complexity index is 4820. The van der Waals surface area contributed by atoms with Crippen LogP contribution in [-0.4, -0.2) is 52.4 Å². The summed E-state index contributed by atoms with van der Waals surface area (Å²) in [7, 11) is 0. The van der Waals surface area contributed by atoms with Crippen molar-refractivity contribution >= 4 is 65.8 Å². The van der Waals surface area contributed by atoms with Crippen molar-refractivity contribution in [2.45, 2.75) is 220 Å². The quantitative estimate of drug-likeness (QED) is 0.174. The molecule has 4 heteroatoms. The van der Waals surface area contributed by atoms with Crippen LogP contribution in [0.2, 0.25) is 0 Å². The zero-order chi connectivity index (χ0) is 74.7. The van der Waals surface area contributed by atoms with Gasteiger partial charge in [0, 0.05) is 75.1 Å². The largest absolute Gasteiger partial charge is 0.371 e. The Hall–Kier alpha value is -9.12. The highest BCUT2D eigenvalue weighted by Crippen LogP contribution is 2.49. The molecule has 0 N–H and O–H groups in total. The molecule has 0 bridgehead atoms. The van der Waals surface area contributed by atoms with Crippen molar-refractivity contribution in [3.8, 4) is 44.5 Å². The fraction of sp³-hybridized carbons (Fsp3) is 0.385. The Morgan fingerprint density at radius 1 is 0.231 bits per heavy atom. The molecular formula is C104H140N4. The molecular weight excluding hydrogens is 1310 g/mol. The predicted molar refractivity (Wildman–Crippen MR) is 493 cm³/mol. The SMILES string of the molecule is C.C.C.C.CC.CC.CC.CC.CC.CC.CC.CC.CCN1CCc2c1ccc1c3c(ccc21)Cc1ccccc1-3.CCN1CCc2c1ccc1cc3c(cc21)-c1ccccc1C3.CCN1CCc2c1ccc1cc3c(cc21)Cc1ccccc1-3.CCN1CCc2c1ccc1ccc3c(c21)-c1ccccc1C3. The maximum absolute atomic E-state index is 2.51. The summed E-state index contributed by atoms with van der Waals surface area (Å²) in [5.74, 6) is 0. The molecule has 8 aliphatic rings. The van der Waals surface area contributed by atoms with Crippen LogP contribution < -0.4 is 19.6 Å². The van der Waals surface area contributed by atoms with Crippen LogP contribution in [0.1, 0.15) is 235 Å². The van der Waals surface area contributed by atoms with E-state index in [0.717, 1.165) is 58.4 Å². The van der Waals surface area contributed by atoms with Gasteiger partial charge < -0.3 is 19.6 Å². The van der Waals surface area contributed by atoms with E-state index in [-0.39, 0.29) is 29.7 Å². The summed E-state index contributed by atoms with van der Waals surface area (Å²) in [6, 6.07) is 73.2. The summed E-state index contributed by atoms with van der Waals surface area (Å²) < 4.78 is 0. The zero-order valence-corrected chi connectivity index (χ0v) is 67.6. The number of likely N-dealkylation sites (N-methyl/N-ethyl adjacent to an activating group) is 4. The van der Waals surface area contributed by atoms with E-state index in [0.29, 0.717) is 0 Å². The molecule has 0 unspecified atom stereocenters. The number of hydrogen-bond acceptors (Lipinski definition) is 4. The van der Waals surface area contributed by atoms with Gasteiger partial charge in [-0.05, 0) is 276 Å². The maximum atomic E-state index is 2.51. The molecule has 0 radical (unpaired) electrons. The molecule has 0 saturated carbocycles. The standard InChI is InChI=1S/4C21H19N.8C2H6.4CH4/c1-2-22-10-9-18-19-13-16-11-14-5-3-4-6-17(14)20(16)12-15(19)7-8-21(18)22;1-2-22-10-9-18-19-13-20-16(12-15(19)7-8-21(18)22)11-14-5-3-4-6-17(14)20;1-2-22-12-11-18-19(22)10-9-14-7-8-16-13-15-5-3-4-6-17(15)21(16)20(14)18;1-2-22-12-11-18-17-8-7-15-13-14-5-3-4-6-16(14)21(15)19(17)9-10-20(18)22;8*1-2;;;;/h2*3-8,12-13H,2,9-11H2,1H3;2*3-10H,2,11-13H2,1H3;8*1-2H3;4*1H4. The van der Waals surface area contributed by atoms with Crippen LogP contribution >= 0.6 is 0 Å². The minimum Gasteiger partial charge on any atom is -0.371 e. The molecule has 0 amide bonds. The van der Waals surface area contributed by atoms with Gasteiger partial charge in [0.05, 0.1) is 0 Å². The van der Waals surface area contributed by atoms with Crippen molar-refractivity contribution in [1.82, 2.24) is 0 Å². The van der Waals surface area contributed by atoms with Crippen molar-refractivity contribution in [3.05, 3.63) is 261 Å². The van der Waals surface area contributed by atoms with E-state index in [1.165, 1.54) is 200 Å². The molecule has 0 spiro atoms. The molecule has 0 fully saturated rings. The molecule has 12 aromatic rings. The van der Waals surface area contributed by atoms with Gasteiger partial charge >= 0.3 is 0 Å². The molecule has 108 heavy (non-hydrogen) atoms. The van der Waals surface area contributed by atoms with Gasteiger partial charge in [-0.3, -0.25) is 0 Å². The Morgan fingerprint density at radius 2 is 0.537 bits per heavy atom. The van der Waals surface area contributed by atoms with Gasteiger partial charge in [0.25, 0.3) is 0 Å². The van der Waals surface area contributed by atoms with Crippen molar-refractivity contribution in [2.24, 2.45) is 0 Å². The summed E-state index contributed by atoms with van der Waals surface area (Å²) in [4.78, 5) is 10.00. The van der Waals surface area contributed by atoms with Crippen molar-refractivity contribution in [2.75, 3.05) is 72.0 Å². The Morgan fingerprint density at radius 3 is 1.00 bits per heavy atom. The molecule has 4 heterocycles. The first-order valence-corrected chi connectivity index (χ1v) is 41.1. The summed E-state index contributed by atoms with van der Waals surface area (Å²) in [5.41, 5.74) is 35.5. The van der Waals surface area contributed by atoms with Crippen LogP contribution in [0, 0.1) is 0 Å². The second-order valence-electron chi connectivity index (χ2n) is 25.8. The van der Waals surface area contributed by atoms with Crippen LogP contribution in [0.15, 0.2) is 194 Å². The van der Waals surface area contributed by atoms with Gasteiger partial charge in [0.15, 0.2) is 0 Å². The normalized spacial score (nSPS) is 12.7. The fourth-order valence-corrected chi connectivity index (χ4v) is 17.2. The van der Waals surface area contributed by atoms with Crippen LogP contribution in [-0.2, 0) is 51.4 Å². The van der Waals surface area contributed by atoms with E-state index in [1.54, 1.807) is 22.3 Å². The molecule has 4 nitrogen and oxygen atoms in total. The van der Waals surface area contributed by atoms with Gasteiger partial charge in [-0.15, -0.1) is 0 Å². The van der Waals surface area contributed by atoms with Gasteiger partial charge in [-0.2, -0.15) is 0 Å². The van der Waals surface area contributed by atoms with E-state index in [4.69, 9.17) is 0 Å². The topological polar surface area (TPSA) is 13.0 Å². The first kappa shape index (κ1) is 89.5. The molecule has 0 saturated heterocycles. The third kappa shape index (κ3) is 17.0. The molecule has 4 aliphatic heterocycles. The van der Waals surface area contributed by atoms with E-state index in [1.807, 2.05) is 111 Å². The van der Waals surface area contributed by atoms with Crippen LogP contribution in [0.5, 0.6) is 0 Å². The number of fused-ring (bicyclic) bond motifs is 26. The van der Waals surface area contributed by atoms with E-state index in [9.17, 15) is 0 Å². The number of hydrogen-bond donors (Lipinski definition) is 0. The lowest BCUT2D eigenvalue weighted by Gasteiger charge is -2.18. The molecule has 0 atom stereocenters. The fourth-order valence-electron chi connectivity index (χ4n) is 17.2. The molecule has 0 aromatic heterocycles. The van der Waals surface area contributed by atoms with Crippen LogP contribution in [0.4, 0.5) is 22.7 Å². The van der Waals surface area contributed by atoms with Gasteiger partial charge in [-0.1, -0.05) is 292 Å². The maximum Gasteiger partial charge on any atom is 0.0406 e. The average Bonchev–Trinajstić information content (AvgIpc) is 1.60. The Labute approximate surface area is 658 Å². The Balaban J connectivity index is 0.000000240. The van der Waals surface area contributed by atoms with Gasteiger partial charge in [0.1, 0.15) is 0 Å². The van der Waals surface area contributed by atoms with Crippen molar-refractivity contribution in [3.63, 3.8) is 0 Å². The monoisotopic (exact) mass is 1450 g/mol. The van der Waals surface area contributed by atoms with E-state index in [2.05, 4.69) is 241 Å². The number of rotatable bonds is 4. The minimum absolute atomic E-state index is 0. The van der Waals surface area contributed by atoms with Gasteiger partial charge in [-0.25, -0.2) is 0 Å². The van der Waals surface area contributed by atoms with Crippen molar-refractivity contribution in [1.29, 1.82) is 0 Å². The highest BCUT2D eigenvalue weighted by atomic mass is 15.2. The van der Waals surface area contributed by atoms with Crippen LogP contribution in [0.25, 0.3) is 87.6 Å². The first-order valence-electron chi connectivity index (χ1n) is 41.1. The number of anilines is 4. The lowest BCUT2D eigenvalue weighted by molar-refractivity contribution is 0.869. The van der Waals surface area contributed by atoms with E-state index >= 15 is 0 Å². The second-order valence-corrected chi connectivity index (χ2v) is 25.8. The summed E-state index contributed by atoms with van der Waals surface area (Å²) >= 11 is 0. The smallest absolute Gasteiger partial charge is 0.0406 e. The zero-order valence-electron chi connectivity index (χ0n) is 67.6. The Kier molecular flexibility index (Phi) is 35.3.